The molecule has 0 spiro atoms. The SMILES string of the molecule is CCN(CC(C)(C)CN)C(COC)C1CC1. The van der Waals surface area contributed by atoms with E-state index in [4.69, 9.17) is 10.5 Å². The Morgan fingerprint density at radius 2 is 2.06 bits per heavy atom. The van der Waals surface area contributed by atoms with E-state index in [0.717, 1.165) is 32.2 Å². The van der Waals surface area contributed by atoms with E-state index in [-0.39, 0.29) is 5.41 Å². The van der Waals surface area contributed by atoms with Crippen LogP contribution >= 0.6 is 0 Å². The topological polar surface area (TPSA) is 38.5 Å². The van der Waals surface area contributed by atoms with Crippen LogP contribution in [0.3, 0.4) is 0 Å². The molecule has 1 atom stereocenters. The molecule has 3 nitrogen and oxygen atoms in total. The first kappa shape index (κ1) is 13.9. The predicted octanol–water partition coefficient (Wildman–Crippen LogP) is 1.72. The maximum Gasteiger partial charge on any atom is 0.0620 e. The Kier molecular flexibility index (Phi) is 5.22. The third-order valence-electron chi connectivity index (χ3n) is 3.56. The standard InChI is InChI=1S/C13H28N2O/c1-5-15(10-13(2,3)9-14)12(8-16-4)11-6-7-11/h11-12H,5-10,14H2,1-4H3. The highest BCUT2D eigenvalue weighted by molar-refractivity contribution is 4.89. The number of nitrogens with zero attached hydrogens (tertiary/aromatic N) is 1. The Morgan fingerprint density at radius 1 is 1.44 bits per heavy atom. The fourth-order valence-corrected chi connectivity index (χ4v) is 2.27. The zero-order valence-electron chi connectivity index (χ0n) is 11.3. The third kappa shape index (κ3) is 4.04. The summed E-state index contributed by atoms with van der Waals surface area (Å²) < 4.78 is 5.36. The van der Waals surface area contributed by atoms with Gasteiger partial charge in [-0.15, -0.1) is 0 Å². The number of methoxy groups -OCH3 is 1. The largest absolute Gasteiger partial charge is 0.383 e. The lowest BCUT2D eigenvalue weighted by Crippen LogP contribution is -2.46. The van der Waals surface area contributed by atoms with Crippen LogP contribution in [-0.4, -0.2) is 44.3 Å². The average Bonchev–Trinajstić information content (AvgIpc) is 3.07. The van der Waals surface area contributed by atoms with Crippen molar-refractivity contribution in [1.29, 1.82) is 0 Å². The van der Waals surface area contributed by atoms with Crippen molar-refractivity contribution in [3.05, 3.63) is 0 Å². The molecule has 0 aromatic heterocycles. The van der Waals surface area contributed by atoms with Crippen molar-refractivity contribution in [2.75, 3.05) is 33.4 Å². The second kappa shape index (κ2) is 5.99. The zero-order chi connectivity index (χ0) is 12.2. The van der Waals surface area contributed by atoms with Crippen LogP contribution in [0, 0.1) is 11.3 Å². The maximum atomic E-state index is 5.82. The summed E-state index contributed by atoms with van der Waals surface area (Å²) in [4.78, 5) is 2.55. The molecule has 0 radical (unpaired) electrons. The van der Waals surface area contributed by atoms with Gasteiger partial charge in [-0.25, -0.2) is 0 Å². The van der Waals surface area contributed by atoms with Crippen LogP contribution in [0.5, 0.6) is 0 Å². The summed E-state index contributed by atoms with van der Waals surface area (Å²) in [6, 6.07) is 0.598. The average molecular weight is 228 g/mol. The lowest BCUT2D eigenvalue weighted by molar-refractivity contribution is 0.0576. The molecule has 1 saturated carbocycles. The van der Waals surface area contributed by atoms with E-state index in [9.17, 15) is 0 Å². The molecule has 0 aromatic rings. The minimum atomic E-state index is 0.205. The lowest BCUT2D eigenvalue weighted by atomic mass is 9.92. The first-order chi connectivity index (χ1) is 7.54. The highest BCUT2D eigenvalue weighted by Crippen LogP contribution is 2.36. The Morgan fingerprint density at radius 3 is 2.44 bits per heavy atom. The van der Waals surface area contributed by atoms with E-state index in [2.05, 4.69) is 25.7 Å². The minimum Gasteiger partial charge on any atom is -0.383 e. The summed E-state index contributed by atoms with van der Waals surface area (Å²) in [5.74, 6) is 0.855. The number of likely N-dealkylation sites (N-methyl/N-ethyl adjacent to an activating group) is 1. The van der Waals surface area contributed by atoms with E-state index in [0.29, 0.717) is 6.04 Å². The van der Waals surface area contributed by atoms with Gasteiger partial charge in [0.1, 0.15) is 0 Å². The van der Waals surface area contributed by atoms with Crippen molar-refractivity contribution >= 4 is 0 Å². The van der Waals surface area contributed by atoms with Crippen LogP contribution < -0.4 is 5.73 Å². The zero-order valence-corrected chi connectivity index (χ0v) is 11.3. The van der Waals surface area contributed by atoms with Gasteiger partial charge in [-0.1, -0.05) is 20.8 Å². The first-order valence-electron chi connectivity index (χ1n) is 6.47. The summed E-state index contributed by atoms with van der Waals surface area (Å²) >= 11 is 0. The van der Waals surface area contributed by atoms with E-state index in [1.54, 1.807) is 7.11 Å². The molecular formula is C13H28N2O. The molecule has 0 aromatic carbocycles. The van der Waals surface area contributed by atoms with Crippen LogP contribution in [0.1, 0.15) is 33.6 Å². The molecule has 0 bridgehead atoms. The Balaban J connectivity index is 2.55. The van der Waals surface area contributed by atoms with Crippen molar-refractivity contribution in [1.82, 2.24) is 4.90 Å². The number of hydrogen-bond donors (Lipinski definition) is 1. The van der Waals surface area contributed by atoms with Gasteiger partial charge in [-0.05, 0) is 37.3 Å². The molecule has 3 heteroatoms. The van der Waals surface area contributed by atoms with Crippen molar-refractivity contribution in [2.24, 2.45) is 17.1 Å². The summed E-state index contributed by atoms with van der Waals surface area (Å²) in [6.07, 6.45) is 2.74. The van der Waals surface area contributed by atoms with E-state index in [1.165, 1.54) is 12.8 Å². The first-order valence-corrected chi connectivity index (χ1v) is 6.47. The van der Waals surface area contributed by atoms with Gasteiger partial charge in [-0.3, -0.25) is 4.90 Å². The number of ether oxygens (including phenoxy) is 1. The van der Waals surface area contributed by atoms with E-state index in [1.807, 2.05) is 0 Å². The molecule has 1 aliphatic rings. The quantitative estimate of drug-likeness (QED) is 0.687. The van der Waals surface area contributed by atoms with Crippen molar-refractivity contribution < 1.29 is 4.74 Å². The Labute approximate surface area is 100 Å². The second-order valence-electron chi connectivity index (χ2n) is 5.79. The predicted molar refractivity (Wildman–Crippen MR) is 68.5 cm³/mol. The number of hydrogen-bond acceptors (Lipinski definition) is 3. The summed E-state index contributed by atoms with van der Waals surface area (Å²) in [5.41, 5.74) is 6.02. The number of nitrogens with two attached hydrogens (primary N) is 1. The molecule has 0 aliphatic heterocycles. The van der Waals surface area contributed by atoms with Crippen LogP contribution in [0.4, 0.5) is 0 Å². The minimum absolute atomic E-state index is 0.205. The molecule has 96 valence electrons. The van der Waals surface area contributed by atoms with Crippen LogP contribution in [0.15, 0.2) is 0 Å². The van der Waals surface area contributed by atoms with Gasteiger partial charge >= 0.3 is 0 Å². The molecule has 16 heavy (non-hydrogen) atoms. The highest BCUT2D eigenvalue weighted by Gasteiger charge is 2.36. The van der Waals surface area contributed by atoms with Crippen molar-refractivity contribution in [2.45, 2.75) is 39.7 Å². The molecule has 2 N–H and O–H groups in total. The van der Waals surface area contributed by atoms with Crippen LogP contribution in [0.25, 0.3) is 0 Å². The molecular weight excluding hydrogens is 200 g/mol. The van der Waals surface area contributed by atoms with Gasteiger partial charge in [-0.2, -0.15) is 0 Å². The monoisotopic (exact) mass is 228 g/mol. The third-order valence-corrected chi connectivity index (χ3v) is 3.56. The lowest BCUT2D eigenvalue weighted by Gasteiger charge is -2.36. The van der Waals surface area contributed by atoms with Gasteiger partial charge in [0.25, 0.3) is 0 Å². The van der Waals surface area contributed by atoms with Gasteiger partial charge in [0, 0.05) is 19.7 Å². The van der Waals surface area contributed by atoms with Gasteiger partial charge < -0.3 is 10.5 Å². The fourth-order valence-electron chi connectivity index (χ4n) is 2.27. The van der Waals surface area contributed by atoms with Gasteiger partial charge in [0.15, 0.2) is 0 Å². The molecule has 1 unspecified atom stereocenters. The normalized spacial score (nSPS) is 19.1. The molecule has 0 heterocycles. The van der Waals surface area contributed by atoms with Crippen molar-refractivity contribution in [3.63, 3.8) is 0 Å². The van der Waals surface area contributed by atoms with Crippen molar-refractivity contribution in [3.8, 4) is 0 Å². The molecule has 0 saturated heterocycles. The summed E-state index contributed by atoms with van der Waals surface area (Å²) in [5, 5.41) is 0. The van der Waals surface area contributed by atoms with E-state index >= 15 is 0 Å². The Hall–Kier alpha value is -0.120. The molecule has 1 aliphatic carbocycles. The van der Waals surface area contributed by atoms with Gasteiger partial charge in [0.2, 0.25) is 0 Å². The van der Waals surface area contributed by atoms with Crippen LogP contribution in [-0.2, 0) is 4.74 Å². The van der Waals surface area contributed by atoms with E-state index < -0.39 is 0 Å². The number of rotatable bonds is 8. The molecule has 0 amide bonds. The fraction of sp³-hybridized carbons (Fsp3) is 1.00. The summed E-state index contributed by atoms with van der Waals surface area (Å²) in [7, 11) is 1.80. The molecule has 1 fully saturated rings. The second-order valence-corrected chi connectivity index (χ2v) is 5.79. The maximum absolute atomic E-state index is 5.82. The highest BCUT2D eigenvalue weighted by atomic mass is 16.5. The van der Waals surface area contributed by atoms with Gasteiger partial charge in [0.05, 0.1) is 6.61 Å². The Bertz CT molecular complexity index is 202. The summed E-state index contributed by atoms with van der Waals surface area (Å²) in [6.45, 7) is 10.5. The molecule has 1 rings (SSSR count). The smallest absolute Gasteiger partial charge is 0.0620 e. The van der Waals surface area contributed by atoms with Crippen LogP contribution in [0.2, 0.25) is 0 Å².